The molecule has 0 N–H and O–H groups in total. The monoisotopic (exact) mass is 446 g/mol. The van der Waals surface area contributed by atoms with Crippen molar-refractivity contribution in [2.75, 3.05) is 13.2 Å². The standard InChI is InChI=1S/C26H39O4P/c1-8-29-31(27,30-9-2)19-22-17-23(26(6,7)20-25(3,4)5)15-16-24(22)28-18-21-13-11-10-12-14-21/h10-17H,8-9,18-20H2,1-7H3. The molecule has 31 heavy (non-hydrogen) atoms. The first-order chi connectivity index (χ1) is 14.5. The highest BCUT2D eigenvalue weighted by atomic mass is 31.2. The second-order valence-electron chi connectivity index (χ2n) is 9.82. The molecule has 0 aliphatic heterocycles. The van der Waals surface area contributed by atoms with E-state index in [2.05, 4.69) is 46.8 Å². The van der Waals surface area contributed by atoms with Crippen LogP contribution in [0.1, 0.15) is 71.6 Å². The molecule has 4 nitrogen and oxygen atoms in total. The van der Waals surface area contributed by atoms with E-state index in [4.69, 9.17) is 13.8 Å². The summed E-state index contributed by atoms with van der Waals surface area (Å²) in [7, 11) is -3.26. The van der Waals surface area contributed by atoms with Gasteiger partial charge in [-0.2, -0.15) is 0 Å². The lowest BCUT2D eigenvalue weighted by Crippen LogP contribution is -2.25. The molecule has 0 radical (unpaired) electrons. The van der Waals surface area contributed by atoms with Gasteiger partial charge in [0.15, 0.2) is 0 Å². The third-order valence-electron chi connectivity index (χ3n) is 5.07. The molecule has 5 heteroatoms. The maximum absolute atomic E-state index is 13.3. The molecule has 0 bridgehead atoms. The Kier molecular flexibility index (Phi) is 8.94. The van der Waals surface area contributed by atoms with Gasteiger partial charge in [-0.1, -0.05) is 77.1 Å². The summed E-state index contributed by atoms with van der Waals surface area (Å²) in [5.41, 5.74) is 3.30. The van der Waals surface area contributed by atoms with Crippen LogP contribution in [0.4, 0.5) is 0 Å². The fraction of sp³-hybridized carbons (Fsp3) is 0.538. The number of hydrogen-bond acceptors (Lipinski definition) is 4. The van der Waals surface area contributed by atoms with Crippen LogP contribution in [-0.2, 0) is 31.8 Å². The molecule has 0 aliphatic carbocycles. The number of rotatable bonds is 11. The van der Waals surface area contributed by atoms with Gasteiger partial charge in [0.25, 0.3) is 0 Å². The van der Waals surface area contributed by atoms with E-state index in [1.807, 2.05) is 50.2 Å². The normalized spacial score (nSPS) is 12.7. The molecule has 2 aromatic rings. The fourth-order valence-electron chi connectivity index (χ4n) is 4.16. The van der Waals surface area contributed by atoms with Gasteiger partial charge in [0.05, 0.1) is 19.4 Å². The first-order valence-corrected chi connectivity index (χ1v) is 12.9. The predicted octanol–water partition coefficient (Wildman–Crippen LogP) is 7.75. The maximum Gasteiger partial charge on any atom is 0.335 e. The zero-order valence-electron chi connectivity index (χ0n) is 20.2. The zero-order valence-corrected chi connectivity index (χ0v) is 21.1. The van der Waals surface area contributed by atoms with Gasteiger partial charge in [0.1, 0.15) is 12.4 Å². The summed E-state index contributed by atoms with van der Waals surface area (Å²) in [4.78, 5) is 0. The molecule has 0 aliphatic rings. The first-order valence-electron chi connectivity index (χ1n) is 11.2. The summed E-state index contributed by atoms with van der Waals surface area (Å²) in [5, 5.41) is 0. The van der Waals surface area contributed by atoms with E-state index >= 15 is 0 Å². The van der Waals surface area contributed by atoms with Crippen molar-refractivity contribution >= 4 is 7.60 Å². The van der Waals surface area contributed by atoms with E-state index in [-0.39, 0.29) is 17.0 Å². The first kappa shape index (κ1) is 25.6. The average molecular weight is 447 g/mol. The molecule has 0 atom stereocenters. The molecule has 2 aromatic carbocycles. The highest BCUT2D eigenvalue weighted by molar-refractivity contribution is 7.53. The van der Waals surface area contributed by atoms with Gasteiger partial charge in [-0.25, -0.2) is 0 Å². The second-order valence-corrected chi connectivity index (χ2v) is 11.9. The number of ether oxygens (including phenoxy) is 1. The molecule has 0 aromatic heterocycles. The summed E-state index contributed by atoms with van der Waals surface area (Å²) in [5.74, 6) is 0.721. The van der Waals surface area contributed by atoms with E-state index in [1.165, 1.54) is 5.56 Å². The molecule has 0 fully saturated rings. The Hall–Kier alpha value is -1.61. The van der Waals surface area contributed by atoms with E-state index in [0.717, 1.165) is 23.3 Å². The third-order valence-corrected chi connectivity index (χ3v) is 7.10. The molecule has 0 saturated heterocycles. The molecule has 0 saturated carbocycles. The quantitative estimate of drug-likeness (QED) is 0.331. The topological polar surface area (TPSA) is 44.8 Å². The van der Waals surface area contributed by atoms with Crippen molar-refractivity contribution in [3.63, 3.8) is 0 Å². The Labute approximate surface area is 188 Å². The van der Waals surface area contributed by atoms with Gasteiger partial charge in [0, 0.05) is 5.56 Å². The van der Waals surface area contributed by atoms with E-state index < -0.39 is 7.60 Å². The highest BCUT2D eigenvalue weighted by Gasteiger charge is 2.30. The van der Waals surface area contributed by atoms with Crippen LogP contribution >= 0.6 is 7.60 Å². The lowest BCUT2D eigenvalue weighted by Gasteiger charge is -2.33. The van der Waals surface area contributed by atoms with Crippen molar-refractivity contribution in [2.45, 2.75) is 73.1 Å². The minimum absolute atomic E-state index is 0.0355. The van der Waals surface area contributed by atoms with Crippen LogP contribution in [0.15, 0.2) is 48.5 Å². The smallest absolute Gasteiger partial charge is 0.335 e. The van der Waals surface area contributed by atoms with Crippen LogP contribution in [0, 0.1) is 5.41 Å². The Morgan fingerprint density at radius 2 is 1.48 bits per heavy atom. The van der Waals surface area contributed by atoms with Crippen LogP contribution < -0.4 is 4.74 Å². The molecule has 172 valence electrons. The summed E-state index contributed by atoms with van der Waals surface area (Å²) in [6.07, 6.45) is 1.22. The van der Waals surface area contributed by atoms with Gasteiger partial charge in [-0.3, -0.25) is 4.57 Å². The van der Waals surface area contributed by atoms with Crippen molar-refractivity contribution in [1.29, 1.82) is 0 Å². The predicted molar refractivity (Wildman–Crippen MR) is 129 cm³/mol. The molecule has 0 heterocycles. The molecule has 0 spiro atoms. The van der Waals surface area contributed by atoms with Gasteiger partial charge >= 0.3 is 7.60 Å². The Balaban J connectivity index is 2.40. The van der Waals surface area contributed by atoms with Gasteiger partial charge < -0.3 is 13.8 Å². The SMILES string of the molecule is CCOP(=O)(Cc1cc(C(C)(C)CC(C)(C)C)ccc1OCc1ccccc1)OCC. The van der Waals surface area contributed by atoms with Crippen LogP contribution in [-0.4, -0.2) is 13.2 Å². The van der Waals surface area contributed by atoms with Gasteiger partial charge in [0.2, 0.25) is 0 Å². The van der Waals surface area contributed by atoms with Crippen molar-refractivity contribution in [2.24, 2.45) is 5.41 Å². The van der Waals surface area contributed by atoms with Crippen LogP contribution in [0.2, 0.25) is 0 Å². The second kappa shape index (κ2) is 10.8. The highest BCUT2D eigenvalue weighted by Crippen LogP contribution is 2.53. The summed E-state index contributed by atoms with van der Waals surface area (Å²) in [6.45, 7) is 16.1. The molecule has 0 unspecified atom stereocenters. The lowest BCUT2D eigenvalue weighted by molar-refractivity contribution is 0.218. The molecular weight excluding hydrogens is 407 g/mol. The fourth-order valence-corrected chi connectivity index (χ4v) is 5.87. The Bertz CT molecular complexity index is 859. The van der Waals surface area contributed by atoms with Gasteiger partial charge in [-0.05, 0) is 48.3 Å². The molecule has 0 amide bonds. The van der Waals surface area contributed by atoms with Crippen LogP contribution in [0.25, 0.3) is 0 Å². The average Bonchev–Trinajstić information content (AvgIpc) is 2.66. The van der Waals surface area contributed by atoms with Crippen molar-refractivity contribution < 1.29 is 18.3 Å². The van der Waals surface area contributed by atoms with Crippen molar-refractivity contribution in [1.82, 2.24) is 0 Å². The van der Waals surface area contributed by atoms with E-state index in [0.29, 0.717) is 19.8 Å². The van der Waals surface area contributed by atoms with Gasteiger partial charge in [-0.15, -0.1) is 0 Å². The molecule has 2 rings (SSSR count). The van der Waals surface area contributed by atoms with E-state index in [9.17, 15) is 4.57 Å². The van der Waals surface area contributed by atoms with Crippen molar-refractivity contribution in [3.8, 4) is 5.75 Å². The Morgan fingerprint density at radius 1 is 0.871 bits per heavy atom. The minimum atomic E-state index is -3.26. The lowest BCUT2D eigenvalue weighted by atomic mass is 9.72. The van der Waals surface area contributed by atoms with E-state index in [1.54, 1.807) is 0 Å². The van der Waals surface area contributed by atoms with Crippen molar-refractivity contribution in [3.05, 3.63) is 65.2 Å². The van der Waals surface area contributed by atoms with Crippen LogP contribution in [0.3, 0.4) is 0 Å². The summed E-state index contributed by atoms with van der Waals surface area (Å²) in [6, 6.07) is 16.3. The molecular formula is C26H39O4P. The number of hydrogen-bond donors (Lipinski definition) is 0. The summed E-state index contributed by atoms with van der Waals surface area (Å²) < 4.78 is 30.6. The maximum atomic E-state index is 13.3. The van der Waals surface area contributed by atoms with Crippen LogP contribution in [0.5, 0.6) is 5.75 Å². The number of benzene rings is 2. The summed E-state index contributed by atoms with van der Waals surface area (Å²) >= 11 is 0. The third kappa shape index (κ3) is 8.11. The Morgan fingerprint density at radius 3 is 2.03 bits per heavy atom. The zero-order chi connectivity index (χ0) is 23.1. The minimum Gasteiger partial charge on any atom is -0.489 e. The largest absolute Gasteiger partial charge is 0.489 e.